The zero-order valence-corrected chi connectivity index (χ0v) is 11.7. The second-order valence-electron chi connectivity index (χ2n) is 4.41. The van der Waals surface area contributed by atoms with Crippen LogP contribution in [0.3, 0.4) is 0 Å². The Balaban J connectivity index is 2.07. The summed E-state index contributed by atoms with van der Waals surface area (Å²) < 4.78 is 32.7. The lowest BCUT2D eigenvalue weighted by Gasteiger charge is -2.08. The van der Waals surface area contributed by atoms with Crippen LogP contribution in [0.1, 0.15) is 17.4 Å². The van der Waals surface area contributed by atoms with Crippen molar-refractivity contribution >= 4 is 26.9 Å². The van der Waals surface area contributed by atoms with Crippen LogP contribution in [-0.4, -0.2) is 5.11 Å². The van der Waals surface area contributed by atoms with Gasteiger partial charge in [0.05, 0.1) is 4.47 Å². The van der Waals surface area contributed by atoms with Gasteiger partial charge in [0.2, 0.25) is 0 Å². The predicted octanol–water partition coefficient (Wildman–Crippen LogP) is 4.56. The Morgan fingerprint density at radius 1 is 1.05 bits per heavy atom. The average Bonchev–Trinajstić information content (AvgIpc) is 2.82. The molecule has 1 atom stereocenters. The average molecular weight is 339 g/mol. The van der Waals surface area contributed by atoms with Crippen molar-refractivity contribution in [2.24, 2.45) is 0 Å². The van der Waals surface area contributed by atoms with Crippen molar-refractivity contribution in [2.75, 3.05) is 0 Å². The molecule has 20 heavy (non-hydrogen) atoms. The maximum absolute atomic E-state index is 13.2. The lowest BCUT2D eigenvalue weighted by Crippen LogP contribution is -1.99. The second-order valence-corrected chi connectivity index (χ2v) is 5.27. The van der Waals surface area contributed by atoms with Gasteiger partial charge in [-0.05, 0) is 45.8 Å². The summed E-state index contributed by atoms with van der Waals surface area (Å²) in [5.74, 6) is -1.25. The highest BCUT2D eigenvalue weighted by Crippen LogP contribution is 2.32. The van der Waals surface area contributed by atoms with Gasteiger partial charge in [0.1, 0.15) is 29.1 Å². The van der Waals surface area contributed by atoms with Gasteiger partial charge in [-0.1, -0.05) is 12.1 Å². The quantitative estimate of drug-likeness (QED) is 0.743. The molecule has 3 aromatic rings. The van der Waals surface area contributed by atoms with Crippen LogP contribution in [0.15, 0.2) is 51.4 Å². The van der Waals surface area contributed by atoms with Crippen LogP contribution in [-0.2, 0) is 0 Å². The monoisotopic (exact) mass is 338 g/mol. The molecule has 0 amide bonds. The lowest BCUT2D eigenvalue weighted by molar-refractivity contribution is 0.191. The van der Waals surface area contributed by atoms with Gasteiger partial charge < -0.3 is 9.52 Å². The highest BCUT2D eigenvalue weighted by atomic mass is 79.9. The number of fused-ring (bicyclic) bond motifs is 1. The van der Waals surface area contributed by atoms with Crippen molar-refractivity contribution in [1.82, 2.24) is 0 Å². The molecule has 0 saturated heterocycles. The molecule has 1 N–H and O–H groups in total. The Labute approximate surface area is 121 Å². The van der Waals surface area contributed by atoms with Crippen molar-refractivity contribution in [3.8, 4) is 0 Å². The predicted molar refractivity (Wildman–Crippen MR) is 74.3 cm³/mol. The molecule has 0 aliphatic rings. The number of para-hydroxylation sites is 1. The van der Waals surface area contributed by atoms with Gasteiger partial charge in [0.15, 0.2) is 0 Å². The maximum Gasteiger partial charge on any atom is 0.148 e. The molecular formula is C15H9BrF2O2. The molecule has 0 fully saturated rings. The summed E-state index contributed by atoms with van der Waals surface area (Å²) in [5, 5.41) is 11.0. The number of furan rings is 1. The van der Waals surface area contributed by atoms with Gasteiger partial charge in [0, 0.05) is 11.5 Å². The molecule has 1 aromatic heterocycles. The Hall–Kier alpha value is -1.72. The van der Waals surface area contributed by atoms with E-state index in [0.29, 0.717) is 5.58 Å². The van der Waals surface area contributed by atoms with Gasteiger partial charge in [-0.25, -0.2) is 8.78 Å². The van der Waals surface area contributed by atoms with E-state index in [0.717, 1.165) is 28.1 Å². The van der Waals surface area contributed by atoms with Crippen LogP contribution >= 0.6 is 15.9 Å². The van der Waals surface area contributed by atoms with E-state index in [1.165, 1.54) is 0 Å². The van der Waals surface area contributed by atoms with Crippen LogP contribution < -0.4 is 0 Å². The lowest BCUT2D eigenvalue weighted by atomic mass is 10.1. The number of aliphatic hydroxyl groups is 1. The van der Waals surface area contributed by atoms with E-state index in [4.69, 9.17) is 4.42 Å². The van der Waals surface area contributed by atoms with Crippen molar-refractivity contribution in [2.45, 2.75) is 6.10 Å². The molecule has 1 unspecified atom stereocenters. The van der Waals surface area contributed by atoms with E-state index in [2.05, 4.69) is 15.9 Å². The van der Waals surface area contributed by atoms with Gasteiger partial charge in [-0.2, -0.15) is 0 Å². The Bertz CT molecular complexity index is 762. The summed E-state index contributed by atoms with van der Waals surface area (Å²) in [6.45, 7) is 0. The third kappa shape index (κ3) is 2.34. The largest absolute Gasteiger partial charge is 0.457 e. The number of aliphatic hydroxyl groups excluding tert-OH is 1. The molecule has 2 nitrogen and oxygen atoms in total. The number of benzene rings is 2. The Morgan fingerprint density at radius 3 is 2.40 bits per heavy atom. The smallest absolute Gasteiger partial charge is 0.148 e. The van der Waals surface area contributed by atoms with E-state index < -0.39 is 17.7 Å². The molecule has 0 aliphatic heterocycles. The van der Waals surface area contributed by atoms with Crippen LogP contribution in [0.5, 0.6) is 0 Å². The van der Waals surface area contributed by atoms with E-state index in [-0.39, 0.29) is 11.3 Å². The molecule has 0 spiro atoms. The first-order valence-corrected chi connectivity index (χ1v) is 6.66. The van der Waals surface area contributed by atoms with E-state index >= 15 is 0 Å². The fourth-order valence-electron chi connectivity index (χ4n) is 2.08. The zero-order chi connectivity index (χ0) is 14.3. The van der Waals surface area contributed by atoms with Gasteiger partial charge in [0.25, 0.3) is 0 Å². The van der Waals surface area contributed by atoms with Gasteiger partial charge in [-0.3, -0.25) is 0 Å². The summed E-state index contributed by atoms with van der Waals surface area (Å²) in [4.78, 5) is 0. The number of rotatable bonds is 2. The minimum absolute atomic E-state index is 0.109. The molecule has 0 saturated carbocycles. The summed E-state index contributed by atoms with van der Waals surface area (Å²) in [7, 11) is 0. The van der Waals surface area contributed by atoms with Crippen LogP contribution in [0.2, 0.25) is 0 Å². The third-order valence-electron chi connectivity index (χ3n) is 2.99. The summed E-state index contributed by atoms with van der Waals surface area (Å²) in [6, 6.07) is 10.0. The Morgan fingerprint density at radius 2 is 1.75 bits per heavy atom. The first-order chi connectivity index (χ1) is 9.54. The summed E-state index contributed by atoms with van der Waals surface area (Å²) >= 11 is 3.34. The normalized spacial score (nSPS) is 12.8. The topological polar surface area (TPSA) is 33.4 Å². The SMILES string of the molecule is OC(c1cc(F)cc(F)c1)c1cc2cccc(Br)c2o1. The standard InChI is InChI=1S/C15H9BrF2O2/c16-12-3-1-2-8-6-13(20-15(8)12)14(19)9-4-10(17)7-11(18)5-9/h1-7,14,19H. The minimum Gasteiger partial charge on any atom is -0.457 e. The van der Waals surface area contributed by atoms with Gasteiger partial charge in [-0.15, -0.1) is 0 Å². The Kier molecular flexibility index (Phi) is 3.31. The van der Waals surface area contributed by atoms with Crippen LogP contribution in [0.4, 0.5) is 8.78 Å². The highest BCUT2D eigenvalue weighted by molar-refractivity contribution is 9.10. The van der Waals surface area contributed by atoms with Crippen molar-refractivity contribution in [1.29, 1.82) is 0 Å². The van der Waals surface area contributed by atoms with Crippen LogP contribution in [0.25, 0.3) is 11.0 Å². The van der Waals surface area contributed by atoms with Gasteiger partial charge >= 0.3 is 0 Å². The molecule has 0 radical (unpaired) electrons. The first-order valence-electron chi connectivity index (χ1n) is 5.86. The molecule has 0 aliphatic carbocycles. The number of hydrogen-bond donors (Lipinski definition) is 1. The molecule has 0 bridgehead atoms. The second kappa shape index (κ2) is 5.00. The fraction of sp³-hybridized carbons (Fsp3) is 0.0667. The van der Waals surface area contributed by atoms with Crippen LogP contribution in [0, 0.1) is 11.6 Å². The van der Waals surface area contributed by atoms with Crippen molar-refractivity contribution in [3.63, 3.8) is 0 Å². The number of halogens is 3. The van der Waals surface area contributed by atoms with E-state index in [9.17, 15) is 13.9 Å². The molecule has 2 aromatic carbocycles. The maximum atomic E-state index is 13.2. The molecule has 1 heterocycles. The summed E-state index contributed by atoms with van der Waals surface area (Å²) in [6.07, 6.45) is -1.22. The molecule has 5 heteroatoms. The van der Waals surface area contributed by atoms with E-state index in [1.54, 1.807) is 6.07 Å². The van der Waals surface area contributed by atoms with Crippen molar-refractivity contribution in [3.05, 3.63) is 69.9 Å². The molecule has 102 valence electrons. The third-order valence-corrected chi connectivity index (χ3v) is 3.61. The minimum atomic E-state index is -1.22. The zero-order valence-electron chi connectivity index (χ0n) is 10.1. The fourth-order valence-corrected chi connectivity index (χ4v) is 2.54. The molecular weight excluding hydrogens is 330 g/mol. The first kappa shape index (κ1) is 13.3. The van der Waals surface area contributed by atoms with Crippen molar-refractivity contribution < 1.29 is 18.3 Å². The van der Waals surface area contributed by atoms with E-state index in [1.807, 2.05) is 18.2 Å². The molecule has 3 rings (SSSR count). The highest BCUT2D eigenvalue weighted by Gasteiger charge is 2.18. The number of hydrogen-bond acceptors (Lipinski definition) is 2. The summed E-state index contributed by atoms with van der Waals surface area (Å²) in [5.41, 5.74) is 0.691.